The van der Waals surface area contributed by atoms with Gasteiger partial charge in [0.1, 0.15) is 11.6 Å². The van der Waals surface area contributed by atoms with Gasteiger partial charge in [0.25, 0.3) is 0 Å². The Labute approximate surface area is 87.6 Å². The molecule has 0 fully saturated rings. The lowest BCUT2D eigenvalue weighted by Gasteiger charge is -2.04. The van der Waals surface area contributed by atoms with Gasteiger partial charge in [-0.25, -0.2) is 9.37 Å². The third kappa shape index (κ3) is 2.13. The van der Waals surface area contributed by atoms with Gasteiger partial charge < -0.3 is 5.73 Å². The van der Waals surface area contributed by atoms with Crippen LogP contribution in [0.2, 0.25) is 0 Å². The Balaban J connectivity index is 2.54. The largest absolute Gasteiger partial charge is 0.384 e. The van der Waals surface area contributed by atoms with E-state index in [1.165, 1.54) is 12.1 Å². The fourth-order valence-electron chi connectivity index (χ4n) is 1.53. The summed E-state index contributed by atoms with van der Waals surface area (Å²) < 4.78 is 13.0. The molecule has 0 aliphatic carbocycles. The molecule has 2 nitrogen and oxygen atoms in total. The molecule has 0 spiro atoms. The lowest BCUT2D eigenvalue weighted by molar-refractivity contribution is 0.628. The van der Waals surface area contributed by atoms with E-state index in [0.717, 1.165) is 16.8 Å². The number of pyridine rings is 1. The Morgan fingerprint density at radius 3 is 2.60 bits per heavy atom. The third-order valence-corrected chi connectivity index (χ3v) is 2.13. The van der Waals surface area contributed by atoms with Gasteiger partial charge in [-0.3, -0.25) is 0 Å². The number of aromatic nitrogens is 1. The Bertz CT molecular complexity index is 474. The fraction of sp³-hybridized carbons (Fsp3) is 0.0833. The monoisotopic (exact) mass is 202 g/mol. The molecule has 0 saturated carbocycles. The van der Waals surface area contributed by atoms with Crippen LogP contribution in [-0.4, -0.2) is 4.98 Å². The van der Waals surface area contributed by atoms with Crippen molar-refractivity contribution in [2.45, 2.75) is 6.92 Å². The predicted octanol–water partition coefficient (Wildman–Crippen LogP) is 2.78. The molecule has 0 atom stereocenters. The van der Waals surface area contributed by atoms with Crippen LogP contribution in [0.5, 0.6) is 0 Å². The Hall–Kier alpha value is -1.90. The molecule has 0 bridgehead atoms. The molecule has 76 valence electrons. The molecule has 2 aromatic rings. The van der Waals surface area contributed by atoms with Gasteiger partial charge in [-0.05, 0) is 42.3 Å². The maximum Gasteiger partial charge on any atom is 0.124 e. The van der Waals surface area contributed by atoms with Crippen LogP contribution in [0.1, 0.15) is 5.69 Å². The van der Waals surface area contributed by atoms with Crippen molar-refractivity contribution < 1.29 is 4.39 Å². The van der Waals surface area contributed by atoms with Crippen molar-refractivity contribution in [3.05, 3.63) is 47.9 Å². The summed E-state index contributed by atoms with van der Waals surface area (Å²) in [6.07, 6.45) is 0. The number of halogens is 1. The van der Waals surface area contributed by atoms with Crippen molar-refractivity contribution in [2.24, 2.45) is 0 Å². The van der Waals surface area contributed by atoms with Crippen LogP contribution in [0.25, 0.3) is 11.1 Å². The van der Waals surface area contributed by atoms with Gasteiger partial charge in [0.15, 0.2) is 0 Å². The number of nitrogen functional groups attached to an aromatic ring is 1. The highest BCUT2D eigenvalue weighted by Gasteiger charge is 2.01. The summed E-state index contributed by atoms with van der Waals surface area (Å²) in [4.78, 5) is 4.07. The molecule has 0 aliphatic heterocycles. The van der Waals surface area contributed by atoms with Gasteiger partial charge >= 0.3 is 0 Å². The Morgan fingerprint density at radius 1 is 1.13 bits per heavy atom. The first kappa shape index (κ1) is 9.65. The zero-order chi connectivity index (χ0) is 10.8. The molecule has 0 amide bonds. The van der Waals surface area contributed by atoms with E-state index >= 15 is 0 Å². The number of hydrogen-bond acceptors (Lipinski definition) is 2. The molecule has 2 rings (SSSR count). The topological polar surface area (TPSA) is 38.9 Å². The van der Waals surface area contributed by atoms with Crippen LogP contribution < -0.4 is 5.73 Å². The number of aryl methyl sites for hydroxylation is 1. The van der Waals surface area contributed by atoms with E-state index in [1.807, 2.05) is 19.1 Å². The second kappa shape index (κ2) is 3.69. The molecule has 1 aromatic carbocycles. The van der Waals surface area contributed by atoms with Crippen molar-refractivity contribution in [1.29, 1.82) is 0 Å². The molecule has 1 aromatic heterocycles. The van der Waals surface area contributed by atoms with Gasteiger partial charge in [0.2, 0.25) is 0 Å². The summed E-state index contributed by atoms with van der Waals surface area (Å²) in [5.74, 6) is 0.204. The summed E-state index contributed by atoms with van der Waals surface area (Å²) in [5.41, 5.74) is 8.16. The van der Waals surface area contributed by atoms with E-state index in [4.69, 9.17) is 5.73 Å². The smallest absolute Gasteiger partial charge is 0.124 e. The summed E-state index contributed by atoms with van der Waals surface area (Å²) in [6.45, 7) is 1.86. The molecule has 1 heterocycles. The Kier molecular flexibility index (Phi) is 2.37. The first-order chi connectivity index (χ1) is 7.15. The summed E-state index contributed by atoms with van der Waals surface area (Å²) in [6, 6.07) is 10.0. The van der Waals surface area contributed by atoms with Gasteiger partial charge in [0.05, 0.1) is 0 Å². The number of nitrogens with zero attached hydrogens (tertiary/aromatic N) is 1. The quantitative estimate of drug-likeness (QED) is 0.772. The predicted molar refractivity (Wildman–Crippen MR) is 58.8 cm³/mol. The lowest BCUT2D eigenvalue weighted by atomic mass is 10.1. The maximum absolute atomic E-state index is 13.0. The normalized spacial score (nSPS) is 10.3. The molecule has 0 saturated heterocycles. The minimum absolute atomic E-state index is 0.250. The first-order valence-electron chi connectivity index (χ1n) is 4.65. The highest BCUT2D eigenvalue weighted by Crippen LogP contribution is 2.22. The molecule has 2 N–H and O–H groups in total. The van der Waals surface area contributed by atoms with Crippen molar-refractivity contribution in [3.63, 3.8) is 0 Å². The summed E-state index contributed by atoms with van der Waals surface area (Å²) in [7, 11) is 0. The van der Waals surface area contributed by atoms with Gasteiger partial charge in [0, 0.05) is 5.69 Å². The fourth-order valence-corrected chi connectivity index (χ4v) is 1.53. The Morgan fingerprint density at radius 2 is 1.93 bits per heavy atom. The molecule has 0 aliphatic rings. The van der Waals surface area contributed by atoms with E-state index in [0.29, 0.717) is 5.82 Å². The van der Waals surface area contributed by atoms with Gasteiger partial charge in [-0.2, -0.15) is 0 Å². The van der Waals surface area contributed by atoms with Crippen LogP contribution in [0.15, 0.2) is 36.4 Å². The first-order valence-corrected chi connectivity index (χ1v) is 4.65. The average Bonchev–Trinajstić information content (AvgIpc) is 2.16. The van der Waals surface area contributed by atoms with Crippen molar-refractivity contribution in [3.8, 4) is 11.1 Å². The molecular formula is C12H11FN2. The van der Waals surface area contributed by atoms with Crippen LogP contribution in [0.4, 0.5) is 10.2 Å². The second-order valence-electron chi connectivity index (χ2n) is 3.43. The van der Waals surface area contributed by atoms with E-state index in [2.05, 4.69) is 4.98 Å². The van der Waals surface area contributed by atoms with Crippen LogP contribution >= 0.6 is 0 Å². The molecule has 0 radical (unpaired) electrons. The second-order valence-corrected chi connectivity index (χ2v) is 3.43. The van der Waals surface area contributed by atoms with Gasteiger partial charge in [-0.15, -0.1) is 0 Å². The lowest BCUT2D eigenvalue weighted by Crippen LogP contribution is -1.93. The number of rotatable bonds is 1. The number of anilines is 1. The SMILES string of the molecule is Cc1cc(-c2cccc(F)c2)cc(N)n1. The number of benzene rings is 1. The molecular weight excluding hydrogens is 191 g/mol. The van der Waals surface area contributed by atoms with Crippen LogP contribution in [0.3, 0.4) is 0 Å². The van der Waals surface area contributed by atoms with Crippen molar-refractivity contribution in [2.75, 3.05) is 5.73 Å². The van der Waals surface area contributed by atoms with E-state index < -0.39 is 0 Å². The zero-order valence-electron chi connectivity index (χ0n) is 8.37. The maximum atomic E-state index is 13.0. The molecule has 15 heavy (non-hydrogen) atoms. The summed E-state index contributed by atoms with van der Waals surface area (Å²) >= 11 is 0. The third-order valence-electron chi connectivity index (χ3n) is 2.13. The molecule has 0 unspecified atom stereocenters. The number of hydrogen-bond donors (Lipinski definition) is 1. The van der Waals surface area contributed by atoms with Crippen LogP contribution in [-0.2, 0) is 0 Å². The highest BCUT2D eigenvalue weighted by molar-refractivity contribution is 5.66. The minimum Gasteiger partial charge on any atom is -0.384 e. The van der Waals surface area contributed by atoms with Crippen molar-refractivity contribution >= 4 is 5.82 Å². The zero-order valence-corrected chi connectivity index (χ0v) is 8.37. The van der Waals surface area contributed by atoms with Crippen molar-refractivity contribution in [1.82, 2.24) is 4.98 Å². The highest BCUT2D eigenvalue weighted by atomic mass is 19.1. The number of nitrogens with two attached hydrogens (primary N) is 1. The minimum atomic E-state index is -0.250. The summed E-state index contributed by atoms with van der Waals surface area (Å²) in [5, 5.41) is 0. The average molecular weight is 202 g/mol. The van der Waals surface area contributed by atoms with E-state index in [9.17, 15) is 4.39 Å². The van der Waals surface area contributed by atoms with Gasteiger partial charge in [-0.1, -0.05) is 12.1 Å². The molecule has 3 heteroatoms. The van der Waals surface area contributed by atoms with E-state index in [1.54, 1.807) is 12.1 Å². The standard InChI is InChI=1S/C12H11FN2/c1-8-5-10(7-12(14)15-8)9-3-2-4-11(13)6-9/h2-7H,1H3,(H2,14,15). The van der Waals surface area contributed by atoms with E-state index in [-0.39, 0.29) is 5.82 Å². The van der Waals surface area contributed by atoms with Crippen LogP contribution in [0, 0.1) is 12.7 Å².